The fourth-order valence-corrected chi connectivity index (χ4v) is 2.73. The van der Waals surface area contributed by atoms with E-state index >= 15 is 0 Å². The maximum Gasteiger partial charge on any atom is 0.420 e. The van der Waals surface area contributed by atoms with Gasteiger partial charge in [-0.2, -0.15) is 26.3 Å². The molecule has 0 aliphatic heterocycles. The Labute approximate surface area is 204 Å². The van der Waals surface area contributed by atoms with Crippen molar-refractivity contribution < 1.29 is 50.8 Å². The molecule has 20 heteroatoms. The van der Waals surface area contributed by atoms with E-state index < -0.39 is 82.8 Å². The van der Waals surface area contributed by atoms with Gasteiger partial charge in [0.15, 0.2) is 0 Å². The van der Waals surface area contributed by atoms with Crippen LogP contribution in [0.1, 0.15) is 25.0 Å². The van der Waals surface area contributed by atoms with E-state index in [2.05, 4.69) is 0 Å². The molecule has 0 saturated carbocycles. The van der Waals surface area contributed by atoms with Gasteiger partial charge in [0.25, 0.3) is 17.1 Å². The molecule has 0 bridgehead atoms. The molecule has 202 valence electrons. The summed E-state index contributed by atoms with van der Waals surface area (Å²) in [7, 11) is 0. The Hall–Kier alpha value is -4.29. The minimum absolute atomic E-state index is 0.148. The van der Waals surface area contributed by atoms with Gasteiger partial charge < -0.3 is 4.74 Å². The average molecular weight is 565 g/mol. The van der Waals surface area contributed by atoms with E-state index in [4.69, 9.17) is 16.3 Å². The molecule has 0 N–H and O–H groups in total. The van der Waals surface area contributed by atoms with Crippen LogP contribution in [0.2, 0.25) is 5.02 Å². The zero-order valence-electron chi connectivity index (χ0n) is 18.0. The van der Waals surface area contributed by atoms with Crippen molar-refractivity contribution in [2.45, 2.75) is 32.3 Å². The molecule has 0 fully saturated rings. The molecule has 2 aromatic rings. The van der Waals surface area contributed by atoms with Crippen LogP contribution in [0, 0.1) is 40.5 Å². The third-order valence-electron chi connectivity index (χ3n) is 3.87. The summed E-state index contributed by atoms with van der Waals surface area (Å²) in [6, 6.07) is 1.17. The Morgan fingerprint density at radius 1 is 0.703 bits per heavy atom. The first-order valence-corrected chi connectivity index (χ1v) is 9.46. The Morgan fingerprint density at radius 3 is 1.41 bits per heavy atom. The minimum Gasteiger partial charge on any atom is -0.484 e. The quantitative estimate of drug-likeness (QED) is 0.215. The van der Waals surface area contributed by atoms with Crippen molar-refractivity contribution in [3.05, 3.63) is 80.9 Å². The molecule has 0 atom stereocenters. The van der Waals surface area contributed by atoms with Crippen LogP contribution in [0.5, 0.6) is 5.75 Å². The first kappa shape index (κ1) is 30.7. The fourth-order valence-electron chi connectivity index (χ4n) is 2.45. The number of halogens is 7. The lowest BCUT2D eigenvalue weighted by atomic mass is 10.1. The van der Waals surface area contributed by atoms with E-state index in [0.717, 1.165) is 0 Å². The largest absolute Gasteiger partial charge is 0.484 e. The van der Waals surface area contributed by atoms with Crippen LogP contribution >= 0.6 is 11.6 Å². The molecular formula is C17H11ClF6N4O9. The highest BCUT2D eigenvalue weighted by Crippen LogP contribution is 2.44. The maximum atomic E-state index is 12.9. The van der Waals surface area contributed by atoms with Gasteiger partial charge in [-0.1, -0.05) is 11.6 Å². The van der Waals surface area contributed by atoms with Gasteiger partial charge in [0, 0.05) is 12.1 Å². The van der Waals surface area contributed by atoms with Crippen molar-refractivity contribution in [1.29, 1.82) is 0 Å². The molecular weight excluding hydrogens is 554 g/mol. The zero-order valence-corrected chi connectivity index (χ0v) is 18.8. The number of benzene rings is 2. The molecule has 2 aromatic carbocycles. The third kappa shape index (κ3) is 7.85. The molecule has 2 rings (SSSR count). The summed E-state index contributed by atoms with van der Waals surface area (Å²) in [6.45, 7) is 2.76. The zero-order chi connectivity index (χ0) is 29.0. The lowest BCUT2D eigenvalue weighted by Crippen LogP contribution is -2.15. The molecule has 0 aliphatic rings. The average Bonchev–Trinajstić information content (AvgIpc) is 2.71. The summed E-state index contributed by atoms with van der Waals surface area (Å²) >= 11 is 5.18. The normalized spacial score (nSPS) is 11.4. The molecule has 0 aromatic heterocycles. The van der Waals surface area contributed by atoms with E-state index in [1.165, 1.54) is 13.8 Å². The molecule has 13 nitrogen and oxygen atoms in total. The summed E-state index contributed by atoms with van der Waals surface area (Å²) in [5.41, 5.74) is -7.49. The molecule has 0 heterocycles. The van der Waals surface area contributed by atoms with Gasteiger partial charge in [-0.05, 0) is 13.8 Å². The van der Waals surface area contributed by atoms with Crippen molar-refractivity contribution >= 4 is 34.4 Å². The lowest BCUT2D eigenvalue weighted by Gasteiger charge is -2.15. The predicted octanol–water partition coefficient (Wildman–Crippen LogP) is 6.48. The van der Waals surface area contributed by atoms with Crippen LogP contribution in [0.3, 0.4) is 0 Å². The highest BCUT2D eigenvalue weighted by Gasteiger charge is 2.41. The molecule has 0 radical (unpaired) electrons. The number of nitro benzene ring substituents is 4. The Kier molecular flexibility index (Phi) is 9.29. The topological polar surface area (TPSA) is 182 Å². The number of alkyl halides is 6. The number of ether oxygens (including phenoxy) is 1. The summed E-state index contributed by atoms with van der Waals surface area (Å²) < 4.78 is 80.6. The SMILES string of the molecule is CC(C)Oc1c([N+](=O)[O-])cc([N+](=O)[O-])cc1C(F)(F)F.O=[N+]([O-])c1cc([N+](=O)[O-])c(Cl)c(C(F)(F)F)c1. The van der Waals surface area contributed by atoms with Crippen LogP contribution < -0.4 is 4.74 Å². The first-order chi connectivity index (χ1) is 16.7. The monoisotopic (exact) mass is 564 g/mol. The number of non-ortho nitro benzene ring substituents is 2. The Bertz CT molecular complexity index is 1250. The second-order valence-corrected chi connectivity index (χ2v) is 7.24. The highest BCUT2D eigenvalue weighted by molar-refractivity contribution is 6.33. The number of hydrogen-bond donors (Lipinski definition) is 0. The van der Waals surface area contributed by atoms with Crippen LogP contribution in [0.4, 0.5) is 49.1 Å². The number of hydrogen-bond acceptors (Lipinski definition) is 9. The van der Waals surface area contributed by atoms with Gasteiger partial charge in [0.2, 0.25) is 5.75 Å². The molecule has 0 saturated heterocycles. The van der Waals surface area contributed by atoms with Gasteiger partial charge in [-0.25, -0.2) is 0 Å². The second kappa shape index (κ2) is 11.2. The second-order valence-electron chi connectivity index (χ2n) is 6.86. The number of nitrogens with zero attached hydrogens (tertiary/aromatic N) is 4. The van der Waals surface area contributed by atoms with Gasteiger partial charge in [-0.3, -0.25) is 40.5 Å². The summed E-state index contributed by atoms with van der Waals surface area (Å²) in [5, 5.41) is 40.9. The van der Waals surface area contributed by atoms with Crippen molar-refractivity contribution in [2.75, 3.05) is 0 Å². The van der Waals surface area contributed by atoms with Gasteiger partial charge in [0.1, 0.15) is 10.6 Å². The number of rotatable bonds is 6. The summed E-state index contributed by atoms with van der Waals surface area (Å²) in [5.74, 6) is -1.02. The molecule has 0 amide bonds. The van der Waals surface area contributed by atoms with Crippen molar-refractivity contribution in [2.24, 2.45) is 0 Å². The minimum atomic E-state index is -5.01. The van der Waals surface area contributed by atoms with Crippen LogP contribution in [-0.2, 0) is 12.4 Å². The molecule has 37 heavy (non-hydrogen) atoms. The molecule has 0 unspecified atom stereocenters. The van der Waals surface area contributed by atoms with Gasteiger partial charge in [0.05, 0.1) is 43.5 Å². The van der Waals surface area contributed by atoms with Gasteiger partial charge >= 0.3 is 18.0 Å². The van der Waals surface area contributed by atoms with E-state index in [1.807, 2.05) is 0 Å². The third-order valence-corrected chi connectivity index (χ3v) is 4.27. The van der Waals surface area contributed by atoms with E-state index in [9.17, 15) is 66.8 Å². The maximum absolute atomic E-state index is 12.9. The Morgan fingerprint density at radius 2 is 1.08 bits per heavy atom. The molecule has 0 aliphatic carbocycles. The van der Waals surface area contributed by atoms with Crippen LogP contribution in [0.15, 0.2) is 24.3 Å². The number of nitro groups is 4. The predicted molar refractivity (Wildman–Crippen MR) is 110 cm³/mol. The van der Waals surface area contributed by atoms with Crippen molar-refractivity contribution in [3.63, 3.8) is 0 Å². The van der Waals surface area contributed by atoms with E-state index in [1.54, 1.807) is 0 Å². The van der Waals surface area contributed by atoms with E-state index in [-0.39, 0.29) is 12.1 Å². The van der Waals surface area contributed by atoms with Crippen LogP contribution in [-0.4, -0.2) is 25.8 Å². The fraction of sp³-hybridized carbons (Fsp3) is 0.294. The lowest BCUT2D eigenvalue weighted by molar-refractivity contribution is -0.395. The smallest absolute Gasteiger partial charge is 0.420 e. The van der Waals surface area contributed by atoms with Gasteiger partial charge in [-0.15, -0.1) is 0 Å². The van der Waals surface area contributed by atoms with Crippen LogP contribution in [0.25, 0.3) is 0 Å². The van der Waals surface area contributed by atoms with E-state index in [0.29, 0.717) is 12.1 Å². The Balaban J connectivity index is 0.000000375. The molecule has 0 spiro atoms. The van der Waals surface area contributed by atoms with Crippen molar-refractivity contribution in [1.82, 2.24) is 0 Å². The first-order valence-electron chi connectivity index (χ1n) is 9.08. The summed E-state index contributed by atoms with van der Waals surface area (Å²) in [6.07, 6.45) is -10.8. The highest BCUT2D eigenvalue weighted by atomic mass is 35.5. The standard InChI is InChI=1S/C10H9F3N2O5.C7H2ClF3N2O4/c1-5(2)20-9-7(10(11,12)13)3-6(14(16)17)4-8(9)15(18)19;8-6-4(7(9,10)11)1-3(12(14)15)2-5(6)13(16)17/h3-5H,1-2H3;1-2H. The van der Waals surface area contributed by atoms with Crippen molar-refractivity contribution in [3.8, 4) is 5.75 Å². The summed E-state index contributed by atoms with van der Waals surface area (Å²) in [4.78, 5) is 37.4.